The molecule has 0 spiro atoms. The van der Waals surface area contributed by atoms with Gasteiger partial charge in [0.1, 0.15) is 17.2 Å². The number of nitrogens with zero attached hydrogens (tertiary/aromatic N) is 3. The van der Waals surface area contributed by atoms with Crippen LogP contribution in [0.4, 0.5) is 10.1 Å². The van der Waals surface area contributed by atoms with Crippen LogP contribution in [0.15, 0.2) is 47.3 Å². The number of pyridine rings is 1. The SMILES string of the molecule is CCC[C@@H](NC1CCN(C)CC1)n1c(-c2c(N)c3c(F)cccc3[nH]c2=O)nc2ccccc21. The Kier molecular flexibility index (Phi) is 6.10. The van der Waals surface area contributed by atoms with Gasteiger partial charge in [0, 0.05) is 6.04 Å². The predicted molar refractivity (Wildman–Crippen MR) is 135 cm³/mol. The van der Waals surface area contributed by atoms with Gasteiger partial charge in [0.2, 0.25) is 0 Å². The highest BCUT2D eigenvalue weighted by Crippen LogP contribution is 2.34. The van der Waals surface area contributed by atoms with Gasteiger partial charge in [-0.1, -0.05) is 31.5 Å². The fourth-order valence-electron chi connectivity index (χ4n) is 5.10. The number of piperidine rings is 1. The number of fused-ring (bicyclic) bond motifs is 2. The molecule has 3 heterocycles. The summed E-state index contributed by atoms with van der Waals surface area (Å²) in [5, 5.41) is 4.05. The summed E-state index contributed by atoms with van der Waals surface area (Å²) < 4.78 is 16.8. The van der Waals surface area contributed by atoms with Crippen LogP contribution in [0.5, 0.6) is 0 Å². The van der Waals surface area contributed by atoms with Crippen LogP contribution in [0.2, 0.25) is 0 Å². The van der Waals surface area contributed by atoms with Crippen LogP contribution in [0, 0.1) is 5.82 Å². The number of likely N-dealkylation sites (tertiary alicyclic amines) is 1. The van der Waals surface area contributed by atoms with E-state index < -0.39 is 5.82 Å². The van der Waals surface area contributed by atoms with E-state index in [1.807, 2.05) is 24.3 Å². The zero-order chi connectivity index (χ0) is 23.8. The molecular formula is C26H31FN6O. The minimum atomic E-state index is -0.468. The number of hydrogen-bond donors (Lipinski definition) is 3. The lowest BCUT2D eigenvalue weighted by atomic mass is 10.0. The van der Waals surface area contributed by atoms with Gasteiger partial charge in [-0.3, -0.25) is 10.1 Å². The van der Waals surface area contributed by atoms with Crippen molar-refractivity contribution in [1.29, 1.82) is 0 Å². The molecule has 0 aliphatic carbocycles. The lowest BCUT2D eigenvalue weighted by Gasteiger charge is -2.33. The van der Waals surface area contributed by atoms with Crippen LogP contribution >= 0.6 is 0 Å². The monoisotopic (exact) mass is 462 g/mol. The van der Waals surface area contributed by atoms with Gasteiger partial charge in [-0.25, -0.2) is 9.37 Å². The summed E-state index contributed by atoms with van der Waals surface area (Å²) in [5.74, 6) is -0.00583. The lowest BCUT2D eigenvalue weighted by Crippen LogP contribution is -2.43. The standard InChI is InChI=1S/C26H31FN6O/c1-3-7-21(29-16-12-14-32(2)15-13-16)33-20-11-5-4-9-18(20)30-25(33)23-24(28)22-17(27)8-6-10-19(22)31-26(23)34/h4-6,8-11,16,21,29H,3,7,12-15H2,1-2H3,(H3,28,31,34)/t21-/m0/s1. The Balaban J connectivity index is 1.70. The normalized spacial score (nSPS) is 16.4. The van der Waals surface area contributed by atoms with Gasteiger partial charge >= 0.3 is 0 Å². The quantitative estimate of drug-likeness (QED) is 0.398. The highest BCUT2D eigenvalue weighted by atomic mass is 19.1. The van der Waals surface area contributed by atoms with Crippen molar-refractivity contribution in [2.24, 2.45) is 0 Å². The molecule has 1 fully saturated rings. The average molecular weight is 463 g/mol. The molecule has 34 heavy (non-hydrogen) atoms. The molecule has 2 aromatic carbocycles. The van der Waals surface area contributed by atoms with Crippen LogP contribution in [-0.4, -0.2) is 45.6 Å². The minimum Gasteiger partial charge on any atom is -0.397 e. The van der Waals surface area contributed by atoms with E-state index in [-0.39, 0.29) is 28.4 Å². The molecule has 1 aliphatic rings. The summed E-state index contributed by atoms with van der Waals surface area (Å²) in [6.07, 6.45) is 3.86. The number of benzene rings is 2. The van der Waals surface area contributed by atoms with E-state index in [1.165, 1.54) is 6.07 Å². The van der Waals surface area contributed by atoms with Crippen LogP contribution in [0.25, 0.3) is 33.3 Å². The topological polar surface area (TPSA) is 92.0 Å². The van der Waals surface area contributed by atoms with Gasteiger partial charge in [-0.05, 0) is 63.7 Å². The second-order valence-corrected chi connectivity index (χ2v) is 9.25. The molecule has 2 aromatic heterocycles. The summed E-state index contributed by atoms with van der Waals surface area (Å²) in [6, 6.07) is 12.8. The van der Waals surface area contributed by atoms with Crippen molar-refractivity contribution in [2.45, 2.75) is 44.8 Å². The first kappa shape index (κ1) is 22.6. The number of nitrogens with one attached hydrogen (secondary N) is 2. The fraction of sp³-hybridized carbons (Fsp3) is 0.385. The number of nitrogen functional groups attached to an aromatic ring is 1. The molecule has 178 valence electrons. The molecule has 0 bridgehead atoms. The molecule has 5 rings (SSSR count). The zero-order valence-electron chi connectivity index (χ0n) is 19.6. The Morgan fingerprint density at radius 2 is 1.97 bits per heavy atom. The first-order chi connectivity index (χ1) is 16.5. The summed E-state index contributed by atoms with van der Waals surface area (Å²) >= 11 is 0. The largest absolute Gasteiger partial charge is 0.397 e. The number of nitrogens with two attached hydrogens (primary N) is 1. The Morgan fingerprint density at radius 3 is 2.74 bits per heavy atom. The Hall–Kier alpha value is -3.23. The van der Waals surface area contributed by atoms with Crippen LogP contribution < -0.4 is 16.6 Å². The number of para-hydroxylation sites is 2. The van der Waals surface area contributed by atoms with Gasteiger partial charge in [0.15, 0.2) is 0 Å². The van der Waals surface area contributed by atoms with E-state index in [4.69, 9.17) is 10.7 Å². The predicted octanol–water partition coefficient (Wildman–Crippen LogP) is 4.25. The van der Waals surface area contributed by atoms with Crippen molar-refractivity contribution in [3.05, 3.63) is 58.6 Å². The zero-order valence-corrected chi connectivity index (χ0v) is 19.6. The number of halogens is 1. The van der Waals surface area contributed by atoms with Crippen molar-refractivity contribution in [3.8, 4) is 11.4 Å². The Bertz CT molecular complexity index is 1390. The highest BCUT2D eigenvalue weighted by Gasteiger charge is 2.27. The summed E-state index contributed by atoms with van der Waals surface area (Å²) in [6.45, 7) is 4.24. The molecule has 1 atom stereocenters. The molecule has 1 aliphatic heterocycles. The van der Waals surface area contributed by atoms with E-state index in [9.17, 15) is 9.18 Å². The van der Waals surface area contributed by atoms with E-state index in [1.54, 1.807) is 12.1 Å². The minimum absolute atomic E-state index is 0.0732. The van der Waals surface area contributed by atoms with Gasteiger partial charge in [0.25, 0.3) is 5.56 Å². The third kappa shape index (κ3) is 3.97. The molecule has 7 nitrogen and oxygen atoms in total. The second kappa shape index (κ2) is 9.19. The molecule has 0 radical (unpaired) electrons. The number of aromatic amines is 1. The first-order valence-electron chi connectivity index (χ1n) is 12.0. The number of imidazole rings is 1. The first-order valence-corrected chi connectivity index (χ1v) is 12.0. The van der Waals surface area contributed by atoms with Crippen LogP contribution in [0.3, 0.4) is 0 Å². The van der Waals surface area contributed by atoms with Gasteiger partial charge < -0.3 is 20.2 Å². The molecule has 8 heteroatoms. The van der Waals surface area contributed by atoms with Gasteiger partial charge in [0.05, 0.1) is 33.8 Å². The number of rotatable bonds is 6. The van der Waals surface area contributed by atoms with Crippen molar-refractivity contribution in [2.75, 3.05) is 25.9 Å². The van der Waals surface area contributed by atoms with Crippen molar-refractivity contribution < 1.29 is 4.39 Å². The highest BCUT2D eigenvalue weighted by molar-refractivity contribution is 5.98. The average Bonchev–Trinajstić information content (AvgIpc) is 3.19. The van der Waals surface area contributed by atoms with Crippen molar-refractivity contribution >= 4 is 27.6 Å². The molecule has 1 saturated heterocycles. The third-order valence-electron chi connectivity index (χ3n) is 6.87. The molecular weight excluding hydrogens is 431 g/mol. The van der Waals surface area contributed by atoms with E-state index >= 15 is 0 Å². The number of aromatic nitrogens is 3. The van der Waals surface area contributed by atoms with E-state index in [2.05, 4.69) is 33.7 Å². The van der Waals surface area contributed by atoms with Crippen LogP contribution in [0.1, 0.15) is 38.8 Å². The lowest BCUT2D eigenvalue weighted by molar-refractivity contribution is 0.208. The number of anilines is 1. The Morgan fingerprint density at radius 1 is 1.21 bits per heavy atom. The maximum atomic E-state index is 14.8. The van der Waals surface area contributed by atoms with Gasteiger partial charge in [-0.2, -0.15) is 0 Å². The van der Waals surface area contributed by atoms with Crippen molar-refractivity contribution in [3.63, 3.8) is 0 Å². The van der Waals surface area contributed by atoms with E-state index in [0.29, 0.717) is 17.4 Å². The number of H-pyrrole nitrogens is 1. The maximum absolute atomic E-state index is 14.8. The Labute approximate surface area is 197 Å². The van der Waals surface area contributed by atoms with Crippen molar-refractivity contribution in [1.82, 2.24) is 24.8 Å². The number of hydrogen-bond acceptors (Lipinski definition) is 5. The summed E-state index contributed by atoms with van der Waals surface area (Å²) in [5.41, 5.74) is 8.50. The molecule has 0 amide bonds. The summed E-state index contributed by atoms with van der Waals surface area (Å²) in [4.78, 5) is 23.3. The fourth-order valence-corrected chi connectivity index (χ4v) is 5.10. The van der Waals surface area contributed by atoms with Gasteiger partial charge in [-0.15, -0.1) is 0 Å². The molecule has 0 unspecified atom stereocenters. The van der Waals surface area contributed by atoms with Crippen LogP contribution in [-0.2, 0) is 0 Å². The molecule has 4 aromatic rings. The molecule has 4 N–H and O–H groups in total. The van der Waals surface area contributed by atoms with E-state index in [0.717, 1.165) is 49.8 Å². The third-order valence-corrected chi connectivity index (χ3v) is 6.87. The smallest absolute Gasteiger partial charge is 0.261 e. The molecule has 0 saturated carbocycles. The summed E-state index contributed by atoms with van der Waals surface area (Å²) in [7, 11) is 2.15. The maximum Gasteiger partial charge on any atom is 0.261 e. The second-order valence-electron chi connectivity index (χ2n) is 9.25.